The molecule has 0 fully saturated rings. The Morgan fingerprint density at radius 3 is 2.62 bits per heavy atom. The van der Waals surface area contributed by atoms with E-state index in [1.54, 1.807) is 6.29 Å². The summed E-state index contributed by atoms with van der Waals surface area (Å²) in [5.41, 5.74) is 0.219. The van der Waals surface area contributed by atoms with Crippen molar-refractivity contribution in [1.82, 2.24) is 4.72 Å². The van der Waals surface area contributed by atoms with Crippen LogP contribution in [0.1, 0.15) is 5.56 Å². The fourth-order valence-corrected chi connectivity index (χ4v) is 1.62. The highest BCUT2D eigenvalue weighted by Crippen LogP contribution is 2.09. The number of nitrogens with one attached hydrogen (secondary N) is 1. The van der Waals surface area contributed by atoms with Gasteiger partial charge in [0.2, 0.25) is 16.3 Å². The molecule has 69 valence electrons. The van der Waals surface area contributed by atoms with Crippen LogP contribution in [0.4, 0.5) is 0 Å². The molecule has 0 heterocycles. The predicted octanol–water partition coefficient (Wildman–Crippen LogP) is 0.0525. The lowest BCUT2D eigenvalue weighted by molar-refractivity contribution is 0.562. The normalized spacial score (nSPS) is 11.2. The van der Waals surface area contributed by atoms with E-state index in [1.807, 2.05) is 0 Å². The third-order valence-corrected chi connectivity index (χ3v) is 2.94. The summed E-state index contributed by atoms with van der Waals surface area (Å²) < 4.78 is 24.6. The van der Waals surface area contributed by atoms with Crippen LogP contribution in [0.25, 0.3) is 0 Å². The molecule has 0 saturated heterocycles. The smallest absolute Gasteiger partial charge is 0.240 e. The van der Waals surface area contributed by atoms with Crippen LogP contribution in [0, 0.1) is 0 Å². The molecule has 5 heteroatoms. The van der Waals surface area contributed by atoms with Crippen molar-refractivity contribution in [1.29, 1.82) is 0 Å². The van der Waals surface area contributed by atoms with Gasteiger partial charge in [0.25, 0.3) is 0 Å². The molecule has 0 unspecified atom stereocenters. The first-order valence-corrected chi connectivity index (χ1v) is 5.00. The molecule has 4 nitrogen and oxygen atoms in total. The second-order valence-electron chi connectivity index (χ2n) is 2.34. The van der Waals surface area contributed by atoms with Crippen LogP contribution in [0.5, 0.6) is 0 Å². The third-order valence-electron chi connectivity index (χ3n) is 1.53. The van der Waals surface area contributed by atoms with Gasteiger partial charge in [-0.2, -0.15) is 0 Å². The van der Waals surface area contributed by atoms with Crippen molar-refractivity contribution in [3.63, 3.8) is 0 Å². The molecule has 0 bridgehead atoms. The molecule has 1 N–H and O–H groups in total. The van der Waals surface area contributed by atoms with Gasteiger partial charge in [-0.3, -0.25) is 4.79 Å². The van der Waals surface area contributed by atoms with Gasteiger partial charge in [-0.15, -0.1) is 0 Å². The lowest BCUT2D eigenvalue weighted by Gasteiger charge is -2.01. The molecule has 0 amide bonds. The molecular formula is C8H8NO3S. The maximum Gasteiger partial charge on any atom is 0.240 e. The highest BCUT2D eigenvalue weighted by Gasteiger charge is 2.10. The van der Waals surface area contributed by atoms with Crippen LogP contribution in [0.3, 0.4) is 0 Å². The summed E-state index contributed by atoms with van der Waals surface area (Å²) in [4.78, 5) is 10.3. The number of rotatable bonds is 3. The maximum atomic E-state index is 11.2. The van der Waals surface area contributed by atoms with E-state index < -0.39 is 10.0 Å². The van der Waals surface area contributed by atoms with Gasteiger partial charge >= 0.3 is 0 Å². The molecule has 0 aliphatic heterocycles. The third kappa shape index (κ3) is 2.13. The Hall–Kier alpha value is -1.20. The van der Waals surface area contributed by atoms with Crippen molar-refractivity contribution in [2.24, 2.45) is 0 Å². The number of carbonyl (C=O) groups excluding carboxylic acids is 1. The summed E-state index contributed by atoms with van der Waals surface area (Å²) in [5, 5.41) is 0. The molecule has 0 spiro atoms. The Morgan fingerprint density at radius 2 is 2.08 bits per heavy atom. The quantitative estimate of drug-likeness (QED) is 0.746. The van der Waals surface area contributed by atoms with Gasteiger partial charge in [0, 0.05) is 5.56 Å². The van der Waals surface area contributed by atoms with E-state index >= 15 is 0 Å². The minimum atomic E-state index is -3.46. The highest BCUT2D eigenvalue weighted by molar-refractivity contribution is 7.89. The first kappa shape index (κ1) is 9.88. The minimum Gasteiger partial charge on any atom is -0.285 e. The summed E-state index contributed by atoms with van der Waals surface area (Å²) in [6.07, 6.45) is 1.62. The van der Waals surface area contributed by atoms with Crippen molar-refractivity contribution >= 4 is 16.3 Å². The zero-order valence-electron chi connectivity index (χ0n) is 6.94. The van der Waals surface area contributed by atoms with E-state index in [0.717, 1.165) is 0 Å². The minimum absolute atomic E-state index is 0.0656. The molecule has 0 saturated carbocycles. The summed E-state index contributed by atoms with van der Waals surface area (Å²) >= 11 is 0. The second-order valence-corrected chi connectivity index (χ2v) is 4.22. The zero-order valence-corrected chi connectivity index (χ0v) is 7.76. The summed E-state index contributed by atoms with van der Waals surface area (Å²) in [6.45, 7) is 0. The Labute approximate surface area is 76.6 Å². The van der Waals surface area contributed by atoms with E-state index in [4.69, 9.17) is 0 Å². The number of hydrogen-bond acceptors (Lipinski definition) is 3. The van der Waals surface area contributed by atoms with E-state index in [9.17, 15) is 13.2 Å². The number of hydrogen-bond donors (Lipinski definition) is 1. The van der Waals surface area contributed by atoms with Gasteiger partial charge in [-0.05, 0) is 19.2 Å². The van der Waals surface area contributed by atoms with Crippen LogP contribution in [-0.2, 0) is 14.8 Å². The zero-order chi connectivity index (χ0) is 9.90. The predicted molar refractivity (Wildman–Crippen MR) is 47.5 cm³/mol. The Balaban J connectivity index is 3.24. The molecule has 0 aliphatic rings. The van der Waals surface area contributed by atoms with Gasteiger partial charge < -0.3 is 0 Å². The van der Waals surface area contributed by atoms with Crippen molar-refractivity contribution in [2.45, 2.75) is 4.90 Å². The molecule has 1 aromatic carbocycles. The SMILES string of the molecule is CNS(=O)(=O)c1cccc([C]=O)c1. The molecule has 0 aliphatic carbocycles. The van der Waals surface area contributed by atoms with Gasteiger partial charge in [0.15, 0.2) is 0 Å². The van der Waals surface area contributed by atoms with E-state index in [2.05, 4.69) is 4.72 Å². The summed E-state index contributed by atoms with van der Waals surface area (Å²) in [7, 11) is -2.15. The summed E-state index contributed by atoms with van der Waals surface area (Å²) in [5.74, 6) is 0. The van der Waals surface area contributed by atoms with Crippen molar-refractivity contribution in [3.05, 3.63) is 29.8 Å². The molecular weight excluding hydrogens is 190 g/mol. The van der Waals surface area contributed by atoms with E-state index in [-0.39, 0.29) is 10.5 Å². The average Bonchev–Trinajstić information content (AvgIpc) is 2.18. The highest BCUT2D eigenvalue weighted by atomic mass is 32.2. The van der Waals surface area contributed by atoms with E-state index in [1.165, 1.54) is 31.3 Å². The monoisotopic (exact) mass is 198 g/mol. The number of benzene rings is 1. The van der Waals surface area contributed by atoms with E-state index in [0.29, 0.717) is 0 Å². The maximum absolute atomic E-state index is 11.2. The second kappa shape index (κ2) is 3.68. The largest absolute Gasteiger partial charge is 0.285 e. The fraction of sp³-hybridized carbons (Fsp3) is 0.125. The molecule has 13 heavy (non-hydrogen) atoms. The van der Waals surface area contributed by atoms with Crippen LogP contribution in [0.15, 0.2) is 29.2 Å². The van der Waals surface area contributed by atoms with Gasteiger partial charge in [0.05, 0.1) is 4.90 Å². The topological polar surface area (TPSA) is 63.2 Å². The van der Waals surface area contributed by atoms with Crippen molar-refractivity contribution in [2.75, 3.05) is 7.05 Å². The molecule has 1 rings (SSSR count). The standard InChI is InChI=1S/C8H8NO3S/c1-9-13(11,12)8-4-2-3-7(5-8)6-10/h2-5,9H,1H3. The van der Waals surface area contributed by atoms with Crippen LogP contribution < -0.4 is 4.72 Å². The molecule has 0 aromatic heterocycles. The summed E-state index contributed by atoms with van der Waals surface area (Å²) in [6, 6.07) is 5.65. The molecule has 1 radical (unpaired) electrons. The van der Waals surface area contributed by atoms with Gasteiger partial charge in [-0.25, -0.2) is 13.1 Å². The first-order chi connectivity index (χ1) is 6.10. The van der Waals surface area contributed by atoms with Gasteiger partial charge in [0.1, 0.15) is 0 Å². The average molecular weight is 198 g/mol. The fourth-order valence-electron chi connectivity index (χ4n) is 0.845. The van der Waals surface area contributed by atoms with Crippen molar-refractivity contribution < 1.29 is 13.2 Å². The van der Waals surface area contributed by atoms with Crippen LogP contribution in [-0.4, -0.2) is 21.8 Å². The first-order valence-electron chi connectivity index (χ1n) is 3.52. The van der Waals surface area contributed by atoms with Crippen molar-refractivity contribution in [3.8, 4) is 0 Å². The Morgan fingerprint density at radius 1 is 1.38 bits per heavy atom. The van der Waals surface area contributed by atoms with Gasteiger partial charge in [-0.1, -0.05) is 12.1 Å². The molecule has 0 atom stereocenters. The number of sulfonamides is 1. The Kier molecular flexibility index (Phi) is 2.79. The lowest BCUT2D eigenvalue weighted by atomic mass is 10.2. The van der Waals surface area contributed by atoms with Crippen LogP contribution >= 0.6 is 0 Å². The Bertz CT molecular complexity index is 411. The lowest BCUT2D eigenvalue weighted by Crippen LogP contribution is -2.18. The van der Waals surface area contributed by atoms with Crippen LogP contribution in [0.2, 0.25) is 0 Å². The molecule has 1 aromatic rings.